The van der Waals surface area contributed by atoms with E-state index < -0.39 is 8.80 Å². The first kappa shape index (κ1) is 15.7. The maximum absolute atomic E-state index is 6.18. The third-order valence-electron chi connectivity index (χ3n) is 2.35. The Bertz CT molecular complexity index is 552. The van der Waals surface area contributed by atoms with Crippen LogP contribution in [0.1, 0.15) is 0 Å². The number of halogens is 6. The molecular formula is C9H4Cl6S2Si. The molecule has 2 aromatic rings. The zero-order valence-electron chi connectivity index (χ0n) is 8.66. The van der Waals surface area contributed by atoms with E-state index in [0.717, 1.165) is 9.00 Å². The lowest BCUT2D eigenvalue weighted by molar-refractivity contribution is 1.97. The second kappa shape index (κ2) is 6.00. The van der Waals surface area contributed by atoms with Crippen molar-refractivity contribution in [3.63, 3.8) is 0 Å². The molecule has 18 heavy (non-hydrogen) atoms. The first-order valence-corrected chi connectivity index (χ1v) is 10.8. The van der Waals surface area contributed by atoms with E-state index in [1.54, 1.807) is 0 Å². The van der Waals surface area contributed by atoms with Gasteiger partial charge in [0.25, 0.3) is 0 Å². The van der Waals surface area contributed by atoms with Crippen LogP contribution in [0, 0.1) is 0 Å². The second-order valence-electron chi connectivity index (χ2n) is 3.46. The minimum atomic E-state index is -1.58. The van der Waals surface area contributed by atoms with E-state index in [1.165, 1.54) is 22.7 Å². The maximum atomic E-state index is 6.18. The van der Waals surface area contributed by atoms with Crippen LogP contribution in [0.4, 0.5) is 0 Å². The molecule has 0 fully saturated rings. The van der Waals surface area contributed by atoms with Crippen LogP contribution in [0.5, 0.6) is 0 Å². The van der Waals surface area contributed by atoms with Crippen LogP contribution in [0.2, 0.25) is 35.3 Å². The molecule has 0 unspecified atom stereocenters. The fourth-order valence-electron chi connectivity index (χ4n) is 1.44. The summed E-state index contributed by atoms with van der Waals surface area (Å²) in [4.78, 5) is 0. The lowest BCUT2D eigenvalue weighted by Gasteiger charge is -2.06. The number of thiophene rings is 2. The zero-order chi connectivity index (χ0) is 13.6. The van der Waals surface area contributed by atoms with Crippen molar-refractivity contribution < 1.29 is 0 Å². The molecule has 0 aliphatic carbocycles. The van der Waals surface area contributed by atoms with Gasteiger partial charge in [-0.3, -0.25) is 0 Å². The van der Waals surface area contributed by atoms with Gasteiger partial charge in [-0.1, -0.05) is 76.2 Å². The van der Waals surface area contributed by atoms with Crippen LogP contribution in [0.25, 0.3) is 0 Å². The van der Waals surface area contributed by atoms with Crippen LogP contribution in [-0.4, -0.2) is 8.80 Å². The molecule has 0 atom stereocenters. The van der Waals surface area contributed by atoms with Gasteiger partial charge in [-0.25, -0.2) is 0 Å². The van der Waals surface area contributed by atoms with Gasteiger partial charge in [0, 0.05) is 9.00 Å². The van der Waals surface area contributed by atoms with Gasteiger partial charge in [0.05, 0.1) is 20.1 Å². The smallest absolute Gasteiger partial charge is 0.129 e. The summed E-state index contributed by atoms with van der Waals surface area (Å²) in [6.07, 6.45) is 0. The van der Waals surface area contributed by atoms with Crippen LogP contribution >= 0.6 is 92.3 Å². The van der Waals surface area contributed by atoms with Crippen LogP contribution in [0.3, 0.4) is 0 Å². The highest BCUT2D eigenvalue weighted by molar-refractivity contribution is 7.36. The predicted molar refractivity (Wildman–Crippen MR) is 91.0 cm³/mol. The van der Waals surface area contributed by atoms with Gasteiger partial charge in [-0.2, -0.15) is 0 Å². The Hall–Kier alpha value is 1.36. The molecule has 0 aliphatic heterocycles. The normalized spacial score (nSPS) is 11.6. The first-order valence-electron chi connectivity index (χ1n) is 4.61. The van der Waals surface area contributed by atoms with Crippen LogP contribution in [0.15, 0.2) is 0 Å². The number of rotatable bonds is 2. The summed E-state index contributed by atoms with van der Waals surface area (Å²) in [5.41, 5.74) is 0. The highest BCUT2D eigenvalue weighted by atomic mass is 35.5. The lowest BCUT2D eigenvalue weighted by atomic mass is 10.6. The van der Waals surface area contributed by atoms with E-state index in [4.69, 9.17) is 69.6 Å². The standard InChI is InChI=1S/C9H4Cl6S2Si/c1-18(8-4(12)2(10)6(14)16-8)9-5(13)3(11)7(15)17-9/h18H,1H3. The summed E-state index contributed by atoms with van der Waals surface area (Å²) in [6.45, 7) is 2.09. The van der Waals surface area contributed by atoms with Gasteiger partial charge in [-0.15, -0.1) is 22.7 Å². The summed E-state index contributed by atoms with van der Waals surface area (Å²) in [5.74, 6) is 0. The monoisotopic (exact) mass is 414 g/mol. The van der Waals surface area contributed by atoms with Crippen LogP contribution < -0.4 is 9.00 Å². The Labute approximate surface area is 144 Å². The van der Waals surface area contributed by atoms with Crippen molar-refractivity contribution in [1.82, 2.24) is 0 Å². The summed E-state index contributed by atoms with van der Waals surface area (Å²) >= 11 is 39.1. The molecule has 98 valence electrons. The first-order chi connectivity index (χ1) is 8.34. The molecule has 2 heterocycles. The van der Waals surface area contributed by atoms with E-state index in [2.05, 4.69) is 6.55 Å². The van der Waals surface area contributed by atoms with Crippen molar-refractivity contribution in [2.24, 2.45) is 0 Å². The average molecular weight is 417 g/mol. The molecular weight excluding hydrogens is 413 g/mol. The molecule has 0 N–H and O–H groups in total. The van der Waals surface area contributed by atoms with E-state index in [-0.39, 0.29) is 0 Å². The van der Waals surface area contributed by atoms with Crippen molar-refractivity contribution >= 4 is 110 Å². The van der Waals surface area contributed by atoms with Gasteiger partial charge < -0.3 is 0 Å². The van der Waals surface area contributed by atoms with Gasteiger partial charge in [-0.05, 0) is 0 Å². The molecule has 2 aromatic heterocycles. The van der Waals surface area contributed by atoms with Crippen molar-refractivity contribution in [2.45, 2.75) is 6.55 Å². The summed E-state index contributed by atoms with van der Waals surface area (Å²) in [7, 11) is -1.58. The molecule has 0 radical (unpaired) electrons. The molecule has 0 saturated heterocycles. The minimum absolute atomic E-state index is 0.405. The average Bonchev–Trinajstić information content (AvgIpc) is 2.74. The molecule has 9 heteroatoms. The predicted octanol–water partition coefficient (Wildman–Crippen LogP) is 5.70. The summed E-state index contributed by atoms with van der Waals surface area (Å²) in [5, 5.41) is 1.84. The highest BCUT2D eigenvalue weighted by Crippen LogP contribution is 2.37. The van der Waals surface area contributed by atoms with E-state index in [1.807, 2.05) is 0 Å². The zero-order valence-corrected chi connectivity index (χ0v) is 16.0. The number of hydrogen-bond acceptors (Lipinski definition) is 2. The summed E-state index contributed by atoms with van der Waals surface area (Å²) < 4.78 is 2.98. The van der Waals surface area contributed by atoms with Crippen LogP contribution in [-0.2, 0) is 0 Å². The van der Waals surface area contributed by atoms with Gasteiger partial charge in [0.1, 0.15) is 17.5 Å². The van der Waals surface area contributed by atoms with E-state index in [9.17, 15) is 0 Å². The molecule has 0 spiro atoms. The Morgan fingerprint density at radius 2 is 1.00 bits per heavy atom. The maximum Gasteiger partial charge on any atom is 0.129 e. The fraction of sp³-hybridized carbons (Fsp3) is 0.111. The third kappa shape index (κ3) is 2.72. The topological polar surface area (TPSA) is 0 Å². The van der Waals surface area contributed by atoms with Crippen molar-refractivity contribution in [1.29, 1.82) is 0 Å². The van der Waals surface area contributed by atoms with Gasteiger partial charge >= 0.3 is 0 Å². The second-order valence-corrected chi connectivity index (χ2v) is 11.7. The van der Waals surface area contributed by atoms with E-state index >= 15 is 0 Å². The largest absolute Gasteiger partial charge is 0.130 e. The highest BCUT2D eigenvalue weighted by Gasteiger charge is 2.26. The molecule has 0 nitrogen and oxygen atoms in total. The Morgan fingerprint density at radius 3 is 1.22 bits per heavy atom. The fourth-order valence-corrected chi connectivity index (χ4v) is 10.4. The van der Waals surface area contributed by atoms with E-state index in [0.29, 0.717) is 28.8 Å². The van der Waals surface area contributed by atoms with Crippen molar-refractivity contribution in [2.75, 3.05) is 0 Å². The molecule has 2 rings (SSSR count). The van der Waals surface area contributed by atoms with Crippen molar-refractivity contribution in [3.8, 4) is 0 Å². The SMILES string of the molecule is C[SiH](c1sc(Cl)c(Cl)c1Cl)c1sc(Cl)c(Cl)c1Cl. The Kier molecular flexibility index (Phi) is 5.25. The quantitative estimate of drug-likeness (QED) is 0.550. The Morgan fingerprint density at radius 1 is 0.667 bits per heavy atom. The Balaban J connectivity index is 2.51. The van der Waals surface area contributed by atoms with Gasteiger partial charge in [0.15, 0.2) is 0 Å². The molecule has 0 aromatic carbocycles. The number of hydrogen-bond donors (Lipinski definition) is 0. The lowest BCUT2D eigenvalue weighted by Crippen LogP contribution is -2.36. The van der Waals surface area contributed by atoms with Crippen molar-refractivity contribution in [3.05, 3.63) is 28.8 Å². The third-order valence-corrected chi connectivity index (χ3v) is 12.5. The summed E-state index contributed by atoms with van der Waals surface area (Å²) in [6, 6.07) is 0. The molecule has 0 saturated carbocycles. The molecule has 0 amide bonds. The van der Waals surface area contributed by atoms with Gasteiger partial charge in [0.2, 0.25) is 0 Å². The molecule has 0 bridgehead atoms. The minimum Gasteiger partial charge on any atom is -0.130 e. The molecule has 0 aliphatic rings.